The van der Waals surface area contributed by atoms with Gasteiger partial charge in [-0.25, -0.2) is 0 Å². The molecule has 2 unspecified atom stereocenters. The summed E-state index contributed by atoms with van der Waals surface area (Å²) in [5, 5.41) is 3.21. The Morgan fingerprint density at radius 2 is 2.35 bits per heavy atom. The summed E-state index contributed by atoms with van der Waals surface area (Å²) in [6, 6.07) is 7.04. The van der Waals surface area contributed by atoms with Crippen molar-refractivity contribution >= 4 is 0 Å². The molecule has 1 aromatic rings. The Morgan fingerprint density at radius 3 is 3.15 bits per heavy atom. The summed E-state index contributed by atoms with van der Waals surface area (Å²) in [7, 11) is 3.72. The first-order chi connectivity index (χ1) is 9.81. The zero-order chi connectivity index (χ0) is 13.9. The normalized spacial score (nSPS) is 26.5. The first-order valence-electron chi connectivity index (χ1n) is 7.49. The molecule has 20 heavy (non-hydrogen) atoms. The smallest absolute Gasteiger partial charge is 0.119 e. The van der Waals surface area contributed by atoms with Crippen LogP contribution < -0.4 is 10.1 Å². The van der Waals surface area contributed by atoms with Gasteiger partial charge in [-0.15, -0.1) is 0 Å². The highest BCUT2D eigenvalue weighted by Gasteiger charge is 2.31. The zero-order valence-electron chi connectivity index (χ0n) is 12.4. The van der Waals surface area contributed by atoms with E-state index in [1.807, 2.05) is 7.05 Å². The number of methoxy groups -OCH3 is 1. The van der Waals surface area contributed by atoms with E-state index in [1.54, 1.807) is 7.11 Å². The van der Waals surface area contributed by atoms with Crippen molar-refractivity contribution in [3.05, 3.63) is 29.3 Å². The lowest BCUT2D eigenvalue weighted by molar-refractivity contribution is -0.0415. The van der Waals surface area contributed by atoms with Gasteiger partial charge in [-0.2, -0.15) is 0 Å². The molecule has 0 saturated carbocycles. The van der Waals surface area contributed by atoms with Crippen LogP contribution in [0.3, 0.4) is 0 Å². The second-order valence-corrected chi connectivity index (χ2v) is 5.66. The van der Waals surface area contributed by atoms with Crippen molar-refractivity contribution in [2.75, 3.05) is 40.4 Å². The highest BCUT2D eigenvalue weighted by atomic mass is 16.5. The van der Waals surface area contributed by atoms with Crippen molar-refractivity contribution in [1.82, 2.24) is 10.2 Å². The second-order valence-electron chi connectivity index (χ2n) is 5.66. The highest BCUT2D eigenvalue weighted by molar-refractivity contribution is 5.40. The number of fused-ring (bicyclic) bond motifs is 1. The topological polar surface area (TPSA) is 33.7 Å². The number of likely N-dealkylation sites (N-methyl/N-ethyl adjacent to an activating group) is 1. The molecule has 4 nitrogen and oxygen atoms in total. The van der Waals surface area contributed by atoms with Crippen LogP contribution in [0.25, 0.3) is 0 Å². The van der Waals surface area contributed by atoms with Crippen molar-refractivity contribution in [3.63, 3.8) is 0 Å². The molecule has 1 aliphatic carbocycles. The molecule has 1 aromatic carbocycles. The molecule has 0 amide bonds. The number of nitrogens with zero attached hydrogens (tertiary/aromatic N) is 1. The lowest BCUT2D eigenvalue weighted by Gasteiger charge is -2.37. The molecule has 4 heteroatoms. The first-order valence-corrected chi connectivity index (χ1v) is 7.49. The molecule has 1 saturated heterocycles. The third-order valence-electron chi connectivity index (χ3n) is 4.44. The molecule has 1 aliphatic heterocycles. The fraction of sp³-hybridized carbons (Fsp3) is 0.625. The predicted molar refractivity (Wildman–Crippen MR) is 79.3 cm³/mol. The van der Waals surface area contributed by atoms with E-state index in [4.69, 9.17) is 9.47 Å². The van der Waals surface area contributed by atoms with Gasteiger partial charge in [0.25, 0.3) is 0 Å². The number of ether oxygens (including phenoxy) is 2. The number of hydrogen-bond acceptors (Lipinski definition) is 4. The van der Waals surface area contributed by atoms with Crippen LogP contribution in [0, 0.1) is 0 Å². The molecule has 0 bridgehead atoms. The SMILES string of the molecule is CNCC1CN(C2CCc3ccc(OC)cc32)CCO1. The minimum absolute atomic E-state index is 0.309. The number of rotatable bonds is 4. The molecule has 2 atom stereocenters. The van der Waals surface area contributed by atoms with Gasteiger partial charge in [-0.3, -0.25) is 4.90 Å². The third-order valence-corrected chi connectivity index (χ3v) is 4.44. The van der Waals surface area contributed by atoms with E-state index in [2.05, 4.69) is 28.4 Å². The second kappa shape index (κ2) is 6.12. The van der Waals surface area contributed by atoms with E-state index >= 15 is 0 Å². The minimum Gasteiger partial charge on any atom is -0.497 e. The fourth-order valence-corrected chi connectivity index (χ4v) is 3.44. The highest BCUT2D eigenvalue weighted by Crippen LogP contribution is 2.38. The molecule has 2 aliphatic rings. The summed E-state index contributed by atoms with van der Waals surface area (Å²) in [5.41, 5.74) is 2.93. The van der Waals surface area contributed by atoms with E-state index in [0.717, 1.165) is 32.0 Å². The van der Waals surface area contributed by atoms with Crippen LogP contribution in [0.15, 0.2) is 18.2 Å². The average Bonchev–Trinajstić information content (AvgIpc) is 2.90. The standard InChI is InChI=1S/C16H24N2O2/c1-17-10-14-11-18(7-8-20-14)16-6-4-12-3-5-13(19-2)9-15(12)16/h3,5,9,14,16-17H,4,6-8,10-11H2,1-2H3. The molecule has 3 rings (SSSR count). The summed E-state index contributed by atoms with van der Waals surface area (Å²) in [6.07, 6.45) is 2.70. The van der Waals surface area contributed by atoms with E-state index < -0.39 is 0 Å². The van der Waals surface area contributed by atoms with E-state index in [0.29, 0.717) is 12.1 Å². The first kappa shape index (κ1) is 13.9. The monoisotopic (exact) mass is 276 g/mol. The Bertz CT molecular complexity index is 462. The largest absolute Gasteiger partial charge is 0.497 e. The summed E-state index contributed by atoms with van der Waals surface area (Å²) in [6.45, 7) is 3.81. The predicted octanol–water partition coefficient (Wildman–Crippen LogP) is 1.60. The van der Waals surface area contributed by atoms with Crippen LogP contribution in [-0.4, -0.2) is 51.4 Å². The van der Waals surface area contributed by atoms with Crippen LogP contribution in [0.5, 0.6) is 5.75 Å². The van der Waals surface area contributed by atoms with Gasteiger partial charge < -0.3 is 14.8 Å². The van der Waals surface area contributed by atoms with Gasteiger partial charge >= 0.3 is 0 Å². The van der Waals surface area contributed by atoms with E-state index in [9.17, 15) is 0 Å². The maximum atomic E-state index is 5.81. The average molecular weight is 276 g/mol. The van der Waals surface area contributed by atoms with E-state index in [-0.39, 0.29) is 0 Å². The van der Waals surface area contributed by atoms with Gasteiger partial charge in [0.05, 0.1) is 19.8 Å². The fourth-order valence-electron chi connectivity index (χ4n) is 3.44. The number of aryl methyl sites for hydroxylation is 1. The lowest BCUT2D eigenvalue weighted by atomic mass is 10.1. The molecule has 0 spiro atoms. The minimum atomic E-state index is 0.309. The van der Waals surface area contributed by atoms with Crippen molar-refractivity contribution < 1.29 is 9.47 Å². The van der Waals surface area contributed by atoms with Crippen molar-refractivity contribution in [2.24, 2.45) is 0 Å². The molecule has 0 aromatic heterocycles. The van der Waals surface area contributed by atoms with Crippen LogP contribution in [0.1, 0.15) is 23.6 Å². The van der Waals surface area contributed by atoms with Crippen LogP contribution in [-0.2, 0) is 11.2 Å². The van der Waals surface area contributed by atoms with Crippen LogP contribution in [0.4, 0.5) is 0 Å². The summed E-state index contributed by atoms with van der Waals surface area (Å²) in [4.78, 5) is 2.58. The number of morpholine rings is 1. The summed E-state index contributed by atoms with van der Waals surface area (Å²) < 4.78 is 11.2. The summed E-state index contributed by atoms with van der Waals surface area (Å²) in [5.74, 6) is 0.968. The molecule has 1 fully saturated rings. The van der Waals surface area contributed by atoms with Crippen molar-refractivity contribution in [1.29, 1.82) is 0 Å². The van der Waals surface area contributed by atoms with Crippen molar-refractivity contribution in [2.45, 2.75) is 25.0 Å². The van der Waals surface area contributed by atoms with Gasteiger partial charge in [0.1, 0.15) is 5.75 Å². The Hall–Kier alpha value is -1.10. The van der Waals surface area contributed by atoms with Gasteiger partial charge in [-0.1, -0.05) is 6.07 Å². The zero-order valence-corrected chi connectivity index (χ0v) is 12.4. The Balaban J connectivity index is 1.76. The maximum absolute atomic E-state index is 5.81. The Morgan fingerprint density at radius 1 is 1.45 bits per heavy atom. The molecule has 110 valence electrons. The molecule has 1 N–H and O–H groups in total. The Kier molecular flexibility index (Phi) is 4.24. The van der Waals surface area contributed by atoms with Gasteiger partial charge in [-0.05, 0) is 43.1 Å². The number of benzene rings is 1. The lowest BCUT2D eigenvalue weighted by Crippen LogP contribution is -2.47. The van der Waals surface area contributed by atoms with Gasteiger partial charge in [0.2, 0.25) is 0 Å². The number of nitrogens with one attached hydrogen (secondary N) is 1. The number of hydrogen-bond donors (Lipinski definition) is 1. The van der Waals surface area contributed by atoms with E-state index in [1.165, 1.54) is 24.0 Å². The van der Waals surface area contributed by atoms with Crippen molar-refractivity contribution in [3.8, 4) is 5.75 Å². The molecular formula is C16H24N2O2. The van der Waals surface area contributed by atoms with Gasteiger partial charge in [0, 0.05) is 25.7 Å². The van der Waals surface area contributed by atoms with Crippen LogP contribution in [0.2, 0.25) is 0 Å². The van der Waals surface area contributed by atoms with Crippen LogP contribution >= 0.6 is 0 Å². The quantitative estimate of drug-likeness (QED) is 0.906. The van der Waals surface area contributed by atoms with Gasteiger partial charge in [0.15, 0.2) is 0 Å². The third kappa shape index (κ3) is 2.68. The molecule has 1 heterocycles. The summed E-state index contributed by atoms with van der Waals surface area (Å²) >= 11 is 0. The molecular weight excluding hydrogens is 252 g/mol. The maximum Gasteiger partial charge on any atom is 0.119 e. The Labute approximate surface area is 121 Å². The molecule has 0 radical (unpaired) electrons.